The van der Waals surface area contributed by atoms with Gasteiger partial charge < -0.3 is 14.2 Å². The number of hydrogen-bond acceptors (Lipinski definition) is 7. The third-order valence-corrected chi connectivity index (χ3v) is 6.77. The summed E-state index contributed by atoms with van der Waals surface area (Å²) in [4.78, 5) is 35.1. The fourth-order valence-corrected chi connectivity index (χ4v) is 5.18. The van der Waals surface area contributed by atoms with Crippen LogP contribution in [-0.2, 0) is 14.4 Å². The van der Waals surface area contributed by atoms with Crippen LogP contribution in [0.25, 0.3) is 0 Å². The molecule has 0 aliphatic carbocycles. The number of benzene rings is 3. The summed E-state index contributed by atoms with van der Waals surface area (Å²) in [6.45, 7) is 3.86. The Bertz CT molecular complexity index is 1330. The van der Waals surface area contributed by atoms with Gasteiger partial charge in [0.15, 0.2) is 17.6 Å². The topological polar surface area (TPSA) is 77.5 Å². The van der Waals surface area contributed by atoms with Crippen LogP contribution in [0.15, 0.2) is 60.7 Å². The Hall–Kier alpha value is -4.04. The maximum Gasteiger partial charge on any atom is 0.266 e. The normalized spacial score (nSPS) is 21.1. The van der Waals surface area contributed by atoms with E-state index in [0.717, 1.165) is 11.1 Å². The highest BCUT2D eigenvalue weighted by molar-refractivity contribution is 6.24. The van der Waals surface area contributed by atoms with Crippen molar-refractivity contribution in [3.63, 3.8) is 0 Å². The van der Waals surface area contributed by atoms with Crippen molar-refractivity contribution in [2.75, 3.05) is 31.3 Å². The first-order valence-corrected chi connectivity index (χ1v) is 11.7. The molecule has 5 rings (SSSR count). The first-order chi connectivity index (χ1) is 17.4. The molecule has 3 aromatic rings. The van der Waals surface area contributed by atoms with Gasteiger partial charge in [-0.05, 0) is 49.7 Å². The van der Waals surface area contributed by atoms with Crippen LogP contribution < -0.4 is 24.2 Å². The van der Waals surface area contributed by atoms with Crippen molar-refractivity contribution in [1.29, 1.82) is 0 Å². The van der Waals surface area contributed by atoms with Crippen LogP contribution in [0.4, 0.5) is 11.4 Å². The van der Waals surface area contributed by atoms with Crippen molar-refractivity contribution >= 4 is 23.2 Å². The minimum Gasteiger partial charge on any atom is -0.493 e. The number of nitrogens with zero attached hydrogens (tertiary/aromatic N) is 2. The zero-order chi connectivity index (χ0) is 25.6. The Labute approximate surface area is 209 Å². The van der Waals surface area contributed by atoms with Crippen molar-refractivity contribution in [1.82, 2.24) is 0 Å². The molecule has 2 aliphatic rings. The number of methoxy groups -OCH3 is 3. The van der Waals surface area contributed by atoms with Gasteiger partial charge in [0.05, 0.1) is 32.7 Å². The van der Waals surface area contributed by atoms with Gasteiger partial charge in [-0.1, -0.05) is 35.9 Å². The van der Waals surface area contributed by atoms with Crippen LogP contribution in [0.3, 0.4) is 0 Å². The molecule has 2 fully saturated rings. The molecule has 0 N–H and O–H groups in total. The maximum absolute atomic E-state index is 14.0. The largest absolute Gasteiger partial charge is 0.493 e. The number of hydroxylamine groups is 1. The highest BCUT2D eigenvalue weighted by Crippen LogP contribution is 2.52. The number of rotatable bonds is 6. The molecule has 0 saturated carbocycles. The Morgan fingerprint density at radius 1 is 0.806 bits per heavy atom. The van der Waals surface area contributed by atoms with Crippen LogP contribution in [-0.4, -0.2) is 39.2 Å². The fourth-order valence-electron chi connectivity index (χ4n) is 5.18. The molecule has 36 heavy (non-hydrogen) atoms. The molecule has 3 atom stereocenters. The van der Waals surface area contributed by atoms with E-state index in [1.807, 2.05) is 68.4 Å². The molecule has 0 unspecified atom stereocenters. The summed E-state index contributed by atoms with van der Waals surface area (Å²) in [5, 5.41) is 1.63. The second-order valence-electron chi connectivity index (χ2n) is 8.88. The molecule has 2 amide bonds. The molecule has 2 aliphatic heterocycles. The third kappa shape index (κ3) is 3.56. The van der Waals surface area contributed by atoms with Gasteiger partial charge in [-0.15, -0.1) is 0 Å². The number of imide groups is 1. The lowest BCUT2D eigenvalue weighted by atomic mass is 9.89. The summed E-state index contributed by atoms with van der Waals surface area (Å²) in [6, 6.07) is 18.0. The molecule has 186 valence electrons. The summed E-state index contributed by atoms with van der Waals surface area (Å²) in [7, 11) is 4.60. The van der Waals surface area contributed by atoms with E-state index in [4.69, 9.17) is 19.0 Å². The fraction of sp³-hybridized carbons (Fsp3) is 0.286. The average Bonchev–Trinajstić information content (AvgIpc) is 3.39. The van der Waals surface area contributed by atoms with Gasteiger partial charge >= 0.3 is 0 Å². The lowest BCUT2D eigenvalue weighted by molar-refractivity contribution is -0.126. The van der Waals surface area contributed by atoms with Crippen LogP contribution in [0.2, 0.25) is 0 Å². The van der Waals surface area contributed by atoms with E-state index in [2.05, 4.69) is 0 Å². The second-order valence-corrected chi connectivity index (χ2v) is 8.88. The minimum absolute atomic E-state index is 0.322. The Kier molecular flexibility index (Phi) is 6.05. The quantitative estimate of drug-likeness (QED) is 0.477. The predicted octanol–water partition coefficient (Wildman–Crippen LogP) is 4.38. The summed E-state index contributed by atoms with van der Waals surface area (Å²) in [5.74, 6) is -0.206. The number of aryl methyl sites for hydroxylation is 2. The zero-order valence-electron chi connectivity index (χ0n) is 20.8. The van der Waals surface area contributed by atoms with Crippen LogP contribution in [0.1, 0.15) is 22.7 Å². The SMILES string of the molecule is COc1ccc([C@H]2[C@@H]3C(=O)N(c4ccc(C)cc4C)C(=O)[C@H]3ON2c2ccccc2)c(OC)c1OC. The highest BCUT2D eigenvalue weighted by atomic mass is 16.7. The van der Waals surface area contributed by atoms with E-state index in [-0.39, 0.29) is 11.8 Å². The van der Waals surface area contributed by atoms with E-state index in [0.29, 0.717) is 34.2 Å². The van der Waals surface area contributed by atoms with Crippen LogP contribution in [0, 0.1) is 19.8 Å². The highest BCUT2D eigenvalue weighted by Gasteiger charge is 2.61. The molecule has 2 saturated heterocycles. The number of para-hydroxylation sites is 1. The number of fused-ring (bicyclic) bond motifs is 1. The summed E-state index contributed by atoms with van der Waals surface area (Å²) in [6.07, 6.45) is -0.985. The van der Waals surface area contributed by atoms with E-state index in [9.17, 15) is 9.59 Å². The molecular formula is C28H28N2O6. The van der Waals surface area contributed by atoms with Crippen molar-refractivity contribution in [2.45, 2.75) is 26.0 Å². The van der Waals surface area contributed by atoms with Gasteiger partial charge in [-0.3, -0.25) is 14.4 Å². The van der Waals surface area contributed by atoms with Crippen molar-refractivity contribution in [2.24, 2.45) is 5.92 Å². The number of ether oxygens (including phenoxy) is 3. The number of carbonyl (C=O) groups excluding carboxylic acids is 2. The molecule has 0 radical (unpaired) electrons. The van der Waals surface area contributed by atoms with E-state index < -0.39 is 18.1 Å². The van der Waals surface area contributed by atoms with E-state index in [1.165, 1.54) is 19.1 Å². The zero-order valence-corrected chi connectivity index (χ0v) is 20.8. The third-order valence-electron chi connectivity index (χ3n) is 6.77. The maximum atomic E-state index is 14.0. The van der Waals surface area contributed by atoms with E-state index >= 15 is 0 Å². The van der Waals surface area contributed by atoms with Crippen molar-refractivity contribution in [3.05, 3.63) is 77.4 Å². The lowest BCUT2D eigenvalue weighted by Gasteiger charge is -2.30. The standard InChI is InChI=1S/C28H28N2O6/c1-16-11-13-20(17(2)15-16)29-27(31)22-23(19-12-14-21(33-3)25(35-5)24(19)34-4)30(36-26(22)28(29)32)18-9-7-6-8-10-18/h6-15,22-23,26H,1-5H3/t22-,23-,26-/m0/s1. The van der Waals surface area contributed by atoms with E-state index in [1.54, 1.807) is 18.2 Å². The summed E-state index contributed by atoms with van der Waals surface area (Å²) < 4.78 is 16.8. The van der Waals surface area contributed by atoms with Crippen molar-refractivity contribution in [3.8, 4) is 17.2 Å². The molecule has 3 aromatic carbocycles. The van der Waals surface area contributed by atoms with Gasteiger partial charge in [0.2, 0.25) is 11.7 Å². The molecule has 0 aromatic heterocycles. The first kappa shape index (κ1) is 23.7. The van der Waals surface area contributed by atoms with Gasteiger partial charge in [-0.25, -0.2) is 9.96 Å². The molecule has 0 spiro atoms. The molecule has 8 nitrogen and oxygen atoms in total. The lowest BCUT2D eigenvalue weighted by Crippen LogP contribution is -2.37. The first-order valence-electron chi connectivity index (χ1n) is 11.7. The minimum atomic E-state index is -0.985. The molecular weight excluding hydrogens is 460 g/mol. The number of anilines is 2. The summed E-state index contributed by atoms with van der Waals surface area (Å²) in [5.41, 5.74) is 3.83. The monoisotopic (exact) mass is 488 g/mol. The van der Waals surface area contributed by atoms with Gasteiger partial charge in [0.25, 0.3) is 5.91 Å². The van der Waals surface area contributed by atoms with Crippen molar-refractivity contribution < 1.29 is 28.6 Å². The predicted molar refractivity (Wildman–Crippen MR) is 135 cm³/mol. The Morgan fingerprint density at radius 3 is 2.17 bits per heavy atom. The Morgan fingerprint density at radius 2 is 1.53 bits per heavy atom. The van der Waals surface area contributed by atoms with Crippen LogP contribution in [0.5, 0.6) is 17.2 Å². The average molecular weight is 489 g/mol. The number of amides is 2. The summed E-state index contributed by atoms with van der Waals surface area (Å²) >= 11 is 0. The van der Waals surface area contributed by atoms with Gasteiger partial charge in [-0.2, -0.15) is 0 Å². The molecule has 2 heterocycles. The van der Waals surface area contributed by atoms with Crippen LogP contribution >= 0.6 is 0 Å². The number of hydrogen-bond donors (Lipinski definition) is 0. The molecule has 8 heteroatoms. The Balaban J connectivity index is 1.67. The van der Waals surface area contributed by atoms with Gasteiger partial charge in [0, 0.05) is 5.56 Å². The molecule has 0 bridgehead atoms. The second kappa shape index (κ2) is 9.20. The number of carbonyl (C=O) groups is 2. The van der Waals surface area contributed by atoms with Gasteiger partial charge in [0.1, 0.15) is 12.0 Å². The smallest absolute Gasteiger partial charge is 0.266 e.